The summed E-state index contributed by atoms with van der Waals surface area (Å²) in [5.74, 6) is 0.711. The Morgan fingerprint density at radius 2 is 1.70 bits per heavy atom. The molecule has 0 radical (unpaired) electrons. The van der Waals surface area contributed by atoms with Crippen LogP contribution in [0.15, 0.2) is 66.9 Å². The van der Waals surface area contributed by atoms with Crippen LogP contribution < -0.4 is 10.2 Å². The zero-order valence-electron chi connectivity index (χ0n) is 18.2. The maximum atomic E-state index is 13.1. The maximum absolute atomic E-state index is 13.1. The van der Waals surface area contributed by atoms with Crippen LogP contribution in [-0.2, 0) is 5.41 Å². The molecule has 0 fully saturated rings. The smallest absolute Gasteiger partial charge is 0.255 e. The van der Waals surface area contributed by atoms with Crippen LogP contribution in [0.1, 0.15) is 53.1 Å². The van der Waals surface area contributed by atoms with Gasteiger partial charge < -0.3 is 10.2 Å². The molecule has 0 saturated heterocycles. The molecule has 156 valence electrons. The van der Waals surface area contributed by atoms with Crippen molar-refractivity contribution in [1.29, 1.82) is 0 Å². The molecule has 0 aliphatic heterocycles. The highest BCUT2D eigenvalue weighted by Gasteiger charge is 2.19. The third-order valence-electron chi connectivity index (χ3n) is 5.05. The van der Waals surface area contributed by atoms with Gasteiger partial charge in [-0.2, -0.15) is 12.6 Å². The number of amides is 1. The second-order valence-corrected chi connectivity index (χ2v) is 9.13. The molecule has 1 unspecified atom stereocenters. The molecule has 4 nitrogen and oxygen atoms in total. The van der Waals surface area contributed by atoms with E-state index in [1.54, 1.807) is 6.20 Å². The third kappa shape index (κ3) is 5.03. The molecule has 30 heavy (non-hydrogen) atoms. The van der Waals surface area contributed by atoms with E-state index in [1.165, 1.54) is 5.56 Å². The summed E-state index contributed by atoms with van der Waals surface area (Å²) >= 11 is 4.83. The quantitative estimate of drug-likeness (QED) is 0.520. The zero-order valence-corrected chi connectivity index (χ0v) is 19.1. The molecule has 2 aromatic carbocycles. The first-order valence-electron chi connectivity index (χ1n) is 9.99. The molecule has 1 atom stereocenters. The van der Waals surface area contributed by atoms with Crippen LogP contribution in [0.25, 0.3) is 0 Å². The number of nitrogens with zero attached hydrogens (tertiary/aromatic N) is 2. The number of nitrogens with one attached hydrogen (secondary N) is 1. The number of thiol groups is 1. The van der Waals surface area contributed by atoms with Gasteiger partial charge in [0.2, 0.25) is 0 Å². The molecule has 1 amide bonds. The molecular formula is C25H29N3OS. The van der Waals surface area contributed by atoms with Gasteiger partial charge in [-0.15, -0.1) is 0 Å². The van der Waals surface area contributed by atoms with Crippen molar-refractivity contribution in [2.45, 2.75) is 31.4 Å². The van der Waals surface area contributed by atoms with Gasteiger partial charge in [-0.25, -0.2) is 4.98 Å². The molecule has 0 aliphatic rings. The molecule has 5 heteroatoms. The van der Waals surface area contributed by atoms with Crippen LogP contribution in [-0.4, -0.2) is 25.0 Å². The van der Waals surface area contributed by atoms with Crippen LogP contribution in [0.4, 0.5) is 11.5 Å². The van der Waals surface area contributed by atoms with Crippen molar-refractivity contribution in [3.63, 3.8) is 0 Å². The highest BCUT2D eigenvalue weighted by molar-refractivity contribution is 7.80. The van der Waals surface area contributed by atoms with E-state index in [0.29, 0.717) is 5.56 Å². The largest absolute Gasteiger partial charge is 0.363 e. The minimum absolute atomic E-state index is 0.0738. The Balaban J connectivity index is 1.86. The lowest BCUT2D eigenvalue weighted by Crippen LogP contribution is -2.16. The van der Waals surface area contributed by atoms with Crippen LogP contribution in [0.2, 0.25) is 0 Å². The van der Waals surface area contributed by atoms with Gasteiger partial charge in [-0.05, 0) is 52.4 Å². The third-order valence-corrected chi connectivity index (χ3v) is 5.63. The fourth-order valence-electron chi connectivity index (χ4n) is 3.22. The minimum atomic E-state index is -0.239. The number of carbonyl (C=O) groups is 1. The first kappa shape index (κ1) is 21.9. The van der Waals surface area contributed by atoms with Crippen molar-refractivity contribution in [2.75, 3.05) is 24.3 Å². The number of anilines is 2. The average Bonchev–Trinajstić information content (AvgIpc) is 2.73. The van der Waals surface area contributed by atoms with Crippen molar-refractivity contribution in [3.05, 3.63) is 89.1 Å². The molecule has 3 aromatic rings. The van der Waals surface area contributed by atoms with Crippen molar-refractivity contribution in [3.8, 4) is 0 Å². The number of rotatable bonds is 5. The van der Waals surface area contributed by atoms with E-state index >= 15 is 0 Å². The van der Waals surface area contributed by atoms with Gasteiger partial charge in [0, 0.05) is 31.5 Å². The van der Waals surface area contributed by atoms with E-state index in [1.807, 2.05) is 67.5 Å². The van der Waals surface area contributed by atoms with E-state index in [9.17, 15) is 4.79 Å². The fourth-order valence-corrected chi connectivity index (χ4v) is 3.61. The van der Waals surface area contributed by atoms with E-state index in [2.05, 4.69) is 43.2 Å². The molecular weight excluding hydrogens is 390 g/mol. The van der Waals surface area contributed by atoms with E-state index in [4.69, 9.17) is 12.6 Å². The van der Waals surface area contributed by atoms with Crippen molar-refractivity contribution >= 4 is 30.0 Å². The van der Waals surface area contributed by atoms with Crippen molar-refractivity contribution < 1.29 is 4.79 Å². The monoisotopic (exact) mass is 419 g/mol. The van der Waals surface area contributed by atoms with Gasteiger partial charge in [0.25, 0.3) is 5.91 Å². The lowest BCUT2D eigenvalue weighted by Gasteiger charge is -2.20. The first-order chi connectivity index (χ1) is 14.2. The van der Waals surface area contributed by atoms with Crippen LogP contribution in [0.5, 0.6) is 0 Å². The number of hydrogen-bond acceptors (Lipinski definition) is 4. The van der Waals surface area contributed by atoms with Gasteiger partial charge in [-0.1, -0.05) is 51.1 Å². The van der Waals surface area contributed by atoms with Crippen LogP contribution >= 0.6 is 12.6 Å². The lowest BCUT2D eigenvalue weighted by molar-refractivity contribution is 0.102. The van der Waals surface area contributed by atoms with Gasteiger partial charge >= 0.3 is 0 Å². The molecule has 0 spiro atoms. The molecule has 0 saturated carbocycles. The van der Waals surface area contributed by atoms with Crippen molar-refractivity contribution in [1.82, 2.24) is 4.98 Å². The van der Waals surface area contributed by atoms with E-state index in [-0.39, 0.29) is 16.6 Å². The zero-order chi connectivity index (χ0) is 21.9. The predicted octanol–water partition coefficient (Wildman–Crippen LogP) is 5.72. The standard InChI is InChI=1S/C25H29N3OS/c1-25(2,3)18-10-12-19(13-11-18)27-24(29)21-9-7-6-8-20(21)23(30)17-14-15-26-22(16-17)28(4)5/h6-16,23,30H,1-5H3,(H,27,29). The Morgan fingerprint density at radius 3 is 2.33 bits per heavy atom. The normalized spacial score (nSPS) is 12.3. The van der Waals surface area contributed by atoms with Gasteiger partial charge in [-0.3, -0.25) is 4.79 Å². The second kappa shape index (κ2) is 8.92. The Bertz CT molecular complexity index is 1020. The summed E-state index contributed by atoms with van der Waals surface area (Å²) < 4.78 is 0. The summed E-state index contributed by atoms with van der Waals surface area (Å²) in [7, 11) is 3.90. The molecule has 0 aliphatic carbocycles. The van der Waals surface area contributed by atoms with E-state index in [0.717, 1.165) is 22.6 Å². The Morgan fingerprint density at radius 1 is 1.03 bits per heavy atom. The number of hydrogen-bond donors (Lipinski definition) is 2. The summed E-state index contributed by atoms with van der Waals surface area (Å²) in [6, 6.07) is 19.5. The van der Waals surface area contributed by atoms with Crippen LogP contribution in [0, 0.1) is 0 Å². The topological polar surface area (TPSA) is 45.2 Å². The van der Waals surface area contributed by atoms with Gasteiger partial charge in [0.1, 0.15) is 5.82 Å². The summed E-state index contributed by atoms with van der Waals surface area (Å²) in [4.78, 5) is 19.4. The first-order valence-corrected chi connectivity index (χ1v) is 10.5. The molecule has 3 rings (SSSR count). The Labute approximate surface area is 184 Å². The number of benzene rings is 2. The van der Waals surface area contributed by atoms with Gasteiger partial charge in [0.15, 0.2) is 0 Å². The fraction of sp³-hybridized carbons (Fsp3) is 0.280. The summed E-state index contributed by atoms with van der Waals surface area (Å²) in [5, 5.41) is 2.78. The van der Waals surface area contributed by atoms with Crippen LogP contribution in [0.3, 0.4) is 0 Å². The maximum Gasteiger partial charge on any atom is 0.255 e. The summed E-state index contributed by atoms with van der Waals surface area (Å²) in [6.07, 6.45) is 1.77. The summed E-state index contributed by atoms with van der Waals surface area (Å²) in [6.45, 7) is 6.51. The number of aromatic nitrogens is 1. The van der Waals surface area contributed by atoms with Crippen molar-refractivity contribution in [2.24, 2.45) is 0 Å². The molecule has 0 bridgehead atoms. The molecule has 1 N–H and O–H groups in total. The molecule has 1 aromatic heterocycles. The highest BCUT2D eigenvalue weighted by Crippen LogP contribution is 2.32. The second-order valence-electron chi connectivity index (χ2n) is 8.61. The SMILES string of the molecule is CN(C)c1cc(C(S)c2ccccc2C(=O)Nc2ccc(C(C)(C)C)cc2)ccn1. The minimum Gasteiger partial charge on any atom is -0.363 e. The lowest BCUT2D eigenvalue weighted by atomic mass is 9.87. The van der Waals surface area contributed by atoms with E-state index < -0.39 is 0 Å². The average molecular weight is 420 g/mol. The Kier molecular flexibility index (Phi) is 6.52. The number of pyridine rings is 1. The molecule has 1 heterocycles. The predicted molar refractivity (Wildman–Crippen MR) is 129 cm³/mol. The number of carbonyl (C=O) groups excluding carboxylic acids is 1. The van der Waals surface area contributed by atoms with Gasteiger partial charge in [0.05, 0.1) is 5.25 Å². The Hall–Kier alpha value is -2.79. The highest BCUT2D eigenvalue weighted by atomic mass is 32.1. The summed E-state index contributed by atoms with van der Waals surface area (Å²) in [5.41, 5.74) is 4.54.